The molecule has 1 N–H and O–H groups in total. The average molecular weight is 216 g/mol. The Balaban J connectivity index is 3.95. The van der Waals surface area contributed by atoms with Gasteiger partial charge in [-0.05, 0) is 13.8 Å². The topological polar surface area (TPSA) is 72.8 Å². The molecule has 5 heteroatoms. The van der Waals surface area contributed by atoms with Crippen molar-refractivity contribution >= 4 is 11.9 Å². The molecule has 1 unspecified atom stereocenters. The molecule has 0 aromatic carbocycles. The smallest absolute Gasteiger partial charge is 0.333 e. The first-order chi connectivity index (χ1) is 6.95. The average Bonchev–Trinajstić information content (AvgIpc) is 2.13. The summed E-state index contributed by atoms with van der Waals surface area (Å²) in [7, 11) is 0. The zero-order valence-electron chi connectivity index (χ0n) is 9.10. The summed E-state index contributed by atoms with van der Waals surface area (Å²) in [6.07, 6.45) is 0.812. The van der Waals surface area contributed by atoms with Gasteiger partial charge in [0.1, 0.15) is 0 Å². The number of aliphatic hydroxyl groups is 1. The van der Waals surface area contributed by atoms with Crippen molar-refractivity contribution in [3.8, 4) is 0 Å². The van der Waals surface area contributed by atoms with Crippen molar-refractivity contribution in [1.82, 2.24) is 0 Å². The molecule has 0 aliphatic rings. The lowest BCUT2D eigenvalue weighted by molar-refractivity contribution is -0.162. The Kier molecular flexibility index (Phi) is 6.37. The second kappa shape index (κ2) is 7.00. The van der Waals surface area contributed by atoms with Gasteiger partial charge in [0.05, 0.1) is 6.10 Å². The highest BCUT2D eigenvalue weighted by Crippen LogP contribution is 1.95. The Bertz CT molecular complexity index is 244. The Morgan fingerprint density at radius 1 is 1.20 bits per heavy atom. The summed E-state index contributed by atoms with van der Waals surface area (Å²) < 4.78 is 9.21. The van der Waals surface area contributed by atoms with Crippen LogP contribution in [0.15, 0.2) is 12.2 Å². The fourth-order valence-electron chi connectivity index (χ4n) is 0.664. The van der Waals surface area contributed by atoms with E-state index in [9.17, 15) is 9.59 Å². The summed E-state index contributed by atoms with van der Waals surface area (Å²) in [5.41, 5.74) is 0. The molecule has 0 aliphatic heterocycles. The van der Waals surface area contributed by atoms with E-state index >= 15 is 0 Å². The van der Waals surface area contributed by atoms with E-state index in [1.165, 1.54) is 0 Å². The zero-order valence-corrected chi connectivity index (χ0v) is 9.10. The Morgan fingerprint density at radius 2 is 1.67 bits per heavy atom. The Morgan fingerprint density at radius 3 is 2.07 bits per heavy atom. The lowest BCUT2D eigenvalue weighted by Crippen LogP contribution is -2.15. The van der Waals surface area contributed by atoms with Crippen LogP contribution >= 0.6 is 0 Å². The first-order valence-electron chi connectivity index (χ1n) is 4.73. The number of hydrogen-bond donors (Lipinski definition) is 1. The van der Waals surface area contributed by atoms with Crippen LogP contribution in [0.2, 0.25) is 0 Å². The summed E-state index contributed by atoms with van der Waals surface area (Å²) in [5, 5.41) is 8.95. The molecular weight excluding hydrogens is 200 g/mol. The zero-order chi connectivity index (χ0) is 11.8. The van der Waals surface area contributed by atoms with E-state index in [0.29, 0.717) is 6.42 Å². The first kappa shape index (κ1) is 13.6. The van der Waals surface area contributed by atoms with Crippen molar-refractivity contribution in [3.05, 3.63) is 12.2 Å². The molecule has 0 aromatic heterocycles. The molecule has 0 aliphatic carbocycles. The molecule has 1 atom stereocenters. The second-order valence-electron chi connectivity index (χ2n) is 3.12. The fourth-order valence-corrected chi connectivity index (χ4v) is 0.664. The van der Waals surface area contributed by atoms with Gasteiger partial charge in [0.15, 0.2) is 0 Å². The van der Waals surface area contributed by atoms with Gasteiger partial charge >= 0.3 is 11.9 Å². The minimum atomic E-state index is -1.14. The Hall–Kier alpha value is -1.36. The summed E-state index contributed by atoms with van der Waals surface area (Å²) in [5.74, 6) is -1.39. The van der Waals surface area contributed by atoms with E-state index in [0.717, 1.165) is 12.2 Å². The van der Waals surface area contributed by atoms with Crippen LogP contribution < -0.4 is 0 Å². The molecular formula is C10H16O5. The minimum absolute atomic E-state index is 0.237. The number of rotatable bonds is 5. The second-order valence-corrected chi connectivity index (χ2v) is 3.12. The predicted octanol–water partition coefficient (Wildman–Crippen LogP) is 0.766. The summed E-state index contributed by atoms with van der Waals surface area (Å²) in [6.45, 7) is 5.06. The highest BCUT2D eigenvalue weighted by molar-refractivity contribution is 5.91. The highest BCUT2D eigenvalue weighted by atomic mass is 16.6. The molecule has 15 heavy (non-hydrogen) atoms. The van der Waals surface area contributed by atoms with Gasteiger partial charge in [-0.3, -0.25) is 0 Å². The van der Waals surface area contributed by atoms with Gasteiger partial charge in [-0.15, -0.1) is 0 Å². The van der Waals surface area contributed by atoms with Crippen molar-refractivity contribution in [3.63, 3.8) is 0 Å². The molecule has 0 heterocycles. The van der Waals surface area contributed by atoms with Crippen LogP contribution in [0, 0.1) is 0 Å². The molecule has 0 rings (SSSR count). The van der Waals surface area contributed by atoms with Crippen LogP contribution in [0.3, 0.4) is 0 Å². The van der Waals surface area contributed by atoms with Crippen molar-refractivity contribution < 1.29 is 24.2 Å². The SMILES string of the molecule is CCC(O)OC(=O)/C=C\C(=O)OC(C)C. The van der Waals surface area contributed by atoms with Gasteiger partial charge in [0, 0.05) is 18.6 Å². The van der Waals surface area contributed by atoms with Gasteiger partial charge in [-0.2, -0.15) is 0 Å². The van der Waals surface area contributed by atoms with Crippen molar-refractivity contribution in [2.24, 2.45) is 0 Å². The Labute approximate surface area is 88.7 Å². The lowest BCUT2D eigenvalue weighted by Gasteiger charge is -2.07. The number of esters is 2. The third-order valence-corrected chi connectivity index (χ3v) is 1.31. The number of carbonyl (C=O) groups is 2. The molecule has 5 nitrogen and oxygen atoms in total. The molecule has 0 saturated carbocycles. The summed E-state index contributed by atoms with van der Waals surface area (Å²) in [4.78, 5) is 21.9. The normalized spacial score (nSPS) is 12.9. The third kappa shape index (κ3) is 7.69. The lowest BCUT2D eigenvalue weighted by atomic mass is 10.4. The maximum absolute atomic E-state index is 10.9. The van der Waals surface area contributed by atoms with Crippen molar-refractivity contribution in [2.45, 2.75) is 39.6 Å². The number of ether oxygens (including phenoxy) is 2. The minimum Gasteiger partial charge on any atom is -0.460 e. The quantitative estimate of drug-likeness (QED) is 0.417. The van der Waals surface area contributed by atoms with Crippen molar-refractivity contribution in [1.29, 1.82) is 0 Å². The van der Waals surface area contributed by atoms with E-state index in [2.05, 4.69) is 4.74 Å². The van der Waals surface area contributed by atoms with Crippen LogP contribution in [0.5, 0.6) is 0 Å². The number of carbonyl (C=O) groups excluding carboxylic acids is 2. The van der Waals surface area contributed by atoms with Gasteiger partial charge in [-0.25, -0.2) is 9.59 Å². The van der Waals surface area contributed by atoms with Crippen LogP contribution in [-0.4, -0.2) is 29.4 Å². The van der Waals surface area contributed by atoms with Crippen LogP contribution in [-0.2, 0) is 19.1 Å². The van der Waals surface area contributed by atoms with E-state index in [4.69, 9.17) is 9.84 Å². The summed E-state index contributed by atoms with van der Waals surface area (Å²) in [6, 6.07) is 0. The summed E-state index contributed by atoms with van der Waals surface area (Å²) >= 11 is 0. The standard InChI is InChI=1S/C10H16O5/c1-4-8(11)15-10(13)6-5-9(12)14-7(2)3/h5-8,11H,4H2,1-3H3/b6-5-. The van der Waals surface area contributed by atoms with Gasteiger partial charge in [0.25, 0.3) is 0 Å². The molecule has 0 fully saturated rings. The first-order valence-corrected chi connectivity index (χ1v) is 4.73. The fraction of sp³-hybridized carbons (Fsp3) is 0.600. The van der Waals surface area contributed by atoms with Gasteiger partial charge < -0.3 is 14.6 Å². The molecule has 86 valence electrons. The van der Waals surface area contributed by atoms with E-state index in [-0.39, 0.29) is 6.10 Å². The monoisotopic (exact) mass is 216 g/mol. The van der Waals surface area contributed by atoms with Crippen LogP contribution in [0.25, 0.3) is 0 Å². The molecule has 0 aromatic rings. The molecule has 0 bridgehead atoms. The molecule has 0 saturated heterocycles. The largest absolute Gasteiger partial charge is 0.460 e. The van der Waals surface area contributed by atoms with Crippen LogP contribution in [0.4, 0.5) is 0 Å². The van der Waals surface area contributed by atoms with Gasteiger partial charge in [0.2, 0.25) is 6.29 Å². The van der Waals surface area contributed by atoms with Crippen LogP contribution in [0.1, 0.15) is 27.2 Å². The third-order valence-electron chi connectivity index (χ3n) is 1.31. The predicted molar refractivity (Wildman–Crippen MR) is 52.8 cm³/mol. The molecule has 0 radical (unpaired) electrons. The molecule has 0 amide bonds. The maximum Gasteiger partial charge on any atom is 0.333 e. The number of hydrogen-bond acceptors (Lipinski definition) is 5. The van der Waals surface area contributed by atoms with Crippen molar-refractivity contribution in [2.75, 3.05) is 0 Å². The van der Waals surface area contributed by atoms with E-state index in [1.807, 2.05) is 0 Å². The van der Waals surface area contributed by atoms with Gasteiger partial charge in [-0.1, -0.05) is 6.92 Å². The van der Waals surface area contributed by atoms with E-state index < -0.39 is 18.2 Å². The number of aliphatic hydroxyl groups excluding tert-OH is 1. The molecule has 0 spiro atoms. The van der Waals surface area contributed by atoms with E-state index in [1.54, 1.807) is 20.8 Å². The maximum atomic E-state index is 10.9. The highest BCUT2D eigenvalue weighted by Gasteiger charge is 2.06.